The molecule has 0 heterocycles. The summed E-state index contributed by atoms with van der Waals surface area (Å²) < 4.78 is 5.77. The van der Waals surface area contributed by atoms with E-state index in [0.717, 1.165) is 12.8 Å². The van der Waals surface area contributed by atoms with Gasteiger partial charge in [0.1, 0.15) is 0 Å². The van der Waals surface area contributed by atoms with E-state index in [0.29, 0.717) is 12.5 Å². The molecular formula is C30H60O2. The second-order valence-corrected chi connectivity index (χ2v) is 10.4. The molecule has 0 aromatic carbocycles. The van der Waals surface area contributed by atoms with Crippen LogP contribution in [0.4, 0.5) is 0 Å². The average Bonchev–Trinajstić information content (AvgIpc) is 2.80. The van der Waals surface area contributed by atoms with E-state index in [1.54, 1.807) is 0 Å². The van der Waals surface area contributed by atoms with Crippen molar-refractivity contribution >= 4 is 5.97 Å². The Balaban J connectivity index is 3.88. The van der Waals surface area contributed by atoms with Crippen molar-refractivity contribution in [1.82, 2.24) is 0 Å². The second kappa shape index (κ2) is 25.1. The van der Waals surface area contributed by atoms with Gasteiger partial charge < -0.3 is 4.74 Å². The van der Waals surface area contributed by atoms with Gasteiger partial charge in [0, 0.05) is 0 Å². The van der Waals surface area contributed by atoms with Gasteiger partial charge in [0.05, 0.1) is 12.5 Å². The van der Waals surface area contributed by atoms with Gasteiger partial charge in [-0.3, -0.25) is 4.79 Å². The standard InChI is InChI=1S/C30H60O2/c1-5-8-11-13-14-15-16-17-18-19-20-23-26-29(25-21-10-7-3)27-32-30(31)28(4)24-22-12-9-6-2/h28-29H,5-27H2,1-4H3. The molecule has 2 atom stereocenters. The van der Waals surface area contributed by atoms with Crippen LogP contribution in [-0.2, 0) is 9.53 Å². The molecule has 0 rings (SSSR count). The van der Waals surface area contributed by atoms with E-state index in [1.165, 1.54) is 128 Å². The normalized spacial score (nSPS) is 13.2. The number of esters is 1. The lowest BCUT2D eigenvalue weighted by Gasteiger charge is -2.19. The molecule has 0 fully saturated rings. The van der Waals surface area contributed by atoms with E-state index in [2.05, 4.69) is 20.8 Å². The van der Waals surface area contributed by atoms with Crippen molar-refractivity contribution < 1.29 is 9.53 Å². The Labute approximate surface area is 203 Å². The Morgan fingerprint density at radius 3 is 1.38 bits per heavy atom. The molecule has 2 nitrogen and oxygen atoms in total. The molecule has 0 saturated carbocycles. The maximum absolute atomic E-state index is 12.4. The van der Waals surface area contributed by atoms with Crippen LogP contribution in [0.5, 0.6) is 0 Å². The fraction of sp³-hybridized carbons (Fsp3) is 0.967. The number of ether oxygens (including phenoxy) is 1. The number of carbonyl (C=O) groups excluding carboxylic acids is 1. The van der Waals surface area contributed by atoms with Gasteiger partial charge in [-0.05, 0) is 25.2 Å². The van der Waals surface area contributed by atoms with E-state index >= 15 is 0 Å². The van der Waals surface area contributed by atoms with E-state index in [4.69, 9.17) is 4.74 Å². The Hall–Kier alpha value is -0.530. The van der Waals surface area contributed by atoms with Crippen LogP contribution in [0.3, 0.4) is 0 Å². The van der Waals surface area contributed by atoms with Gasteiger partial charge in [0.25, 0.3) is 0 Å². The fourth-order valence-corrected chi connectivity index (χ4v) is 4.61. The van der Waals surface area contributed by atoms with Crippen LogP contribution < -0.4 is 0 Å². The zero-order valence-electron chi connectivity index (χ0n) is 22.7. The maximum atomic E-state index is 12.4. The quantitative estimate of drug-likeness (QED) is 0.102. The summed E-state index contributed by atoms with van der Waals surface area (Å²) in [5.41, 5.74) is 0. The third-order valence-corrected chi connectivity index (χ3v) is 7.04. The van der Waals surface area contributed by atoms with Crippen LogP contribution in [0.15, 0.2) is 0 Å². The zero-order chi connectivity index (χ0) is 23.7. The SMILES string of the molecule is CCCCCCCCCCCCCCC(CCCCC)COC(=O)C(C)CCCCCC. The first-order chi connectivity index (χ1) is 15.7. The lowest BCUT2D eigenvalue weighted by molar-refractivity contribution is -0.149. The van der Waals surface area contributed by atoms with Crippen LogP contribution in [0.2, 0.25) is 0 Å². The highest BCUT2D eigenvalue weighted by molar-refractivity contribution is 5.71. The molecule has 0 N–H and O–H groups in total. The van der Waals surface area contributed by atoms with Gasteiger partial charge >= 0.3 is 5.97 Å². The minimum absolute atomic E-state index is 0.0386. The predicted octanol–water partition coefficient (Wildman–Crippen LogP) is 10.4. The molecule has 0 aliphatic carbocycles. The summed E-state index contributed by atoms with van der Waals surface area (Å²) in [6, 6.07) is 0. The first-order valence-electron chi connectivity index (χ1n) is 14.8. The third-order valence-electron chi connectivity index (χ3n) is 7.04. The summed E-state index contributed by atoms with van der Waals surface area (Å²) >= 11 is 0. The van der Waals surface area contributed by atoms with Crippen molar-refractivity contribution in [3.05, 3.63) is 0 Å². The molecule has 2 heteroatoms. The van der Waals surface area contributed by atoms with Gasteiger partial charge in [-0.15, -0.1) is 0 Å². The monoisotopic (exact) mass is 452 g/mol. The molecule has 192 valence electrons. The number of hydrogen-bond donors (Lipinski definition) is 0. The van der Waals surface area contributed by atoms with E-state index in [9.17, 15) is 4.79 Å². The fourth-order valence-electron chi connectivity index (χ4n) is 4.61. The minimum atomic E-state index is 0.0386. The van der Waals surface area contributed by atoms with E-state index in [-0.39, 0.29) is 11.9 Å². The summed E-state index contributed by atoms with van der Waals surface area (Å²) in [6.07, 6.45) is 29.0. The number of hydrogen-bond acceptors (Lipinski definition) is 2. The summed E-state index contributed by atoms with van der Waals surface area (Å²) in [5.74, 6) is 0.674. The van der Waals surface area contributed by atoms with Crippen molar-refractivity contribution in [1.29, 1.82) is 0 Å². The lowest BCUT2D eigenvalue weighted by Crippen LogP contribution is -2.19. The number of unbranched alkanes of at least 4 members (excludes halogenated alkanes) is 16. The number of rotatable bonds is 25. The van der Waals surface area contributed by atoms with Gasteiger partial charge in [0.15, 0.2) is 0 Å². The Kier molecular flexibility index (Phi) is 24.7. The topological polar surface area (TPSA) is 26.3 Å². The molecule has 0 saturated heterocycles. The molecule has 0 spiro atoms. The van der Waals surface area contributed by atoms with Gasteiger partial charge in [-0.1, -0.05) is 150 Å². The van der Waals surface area contributed by atoms with Crippen molar-refractivity contribution in [2.45, 2.75) is 169 Å². The smallest absolute Gasteiger partial charge is 0.308 e. The van der Waals surface area contributed by atoms with Crippen LogP contribution >= 0.6 is 0 Å². The minimum Gasteiger partial charge on any atom is -0.465 e. The predicted molar refractivity (Wildman–Crippen MR) is 142 cm³/mol. The zero-order valence-corrected chi connectivity index (χ0v) is 22.7. The molecule has 0 aliphatic rings. The molecule has 0 amide bonds. The first kappa shape index (κ1) is 31.5. The molecule has 0 aromatic rings. The van der Waals surface area contributed by atoms with Crippen molar-refractivity contribution in [2.75, 3.05) is 6.61 Å². The summed E-state index contributed by atoms with van der Waals surface area (Å²) in [4.78, 5) is 12.4. The van der Waals surface area contributed by atoms with E-state index in [1.807, 2.05) is 6.92 Å². The first-order valence-corrected chi connectivity index (χ1v) is 14.8. The summed E-state index contributed by atoms with van der Waals surface area (Å²) in [5, 5.41) is 0. The molecule has 0 aromatic heterocycles. The summed E-state index contributed by atoms with van der Waals surface area (Å²) in [6.45, 7) is 9.48. The Morgan fingerprint density at radius 1 is 0.531 bits per heavy atom. The Bertz CT molecular complexity index is 379. The highest BCUT2D eigenvalue weighted by Crippen LogP contribution is 2.21. The van der Waals surface area contributed by atoms with Crippen molar-refractivity contribution in [2.24, 2.45) is 11.8 Å². The highest BCUT2D eigenvalue weighted by Gasteiger charge is 2.17. The summed E-state index contributed by atoms with van der Waals surface area (Å²) in [7, 11) is 0. The van der Waals surface area contributed by atoms with Crippen LogP contribution in [0.25, 0.3) is 0 Å². The average molecular weight is 453 g/mol. The third kappa shape index (κ3) is 21.3. The molecule has 0 bridgehead atoms. The highest BCUT2D eigenvalue weighted by atomic mass is 16.5. The maximum Gasteiger partial charge on any atom is 0.308 e. The van der Waals surface area contributed by atoms with Crippen LogP contribution in [0.1, 0.15) is 169 Å². The van der Waals surface area contributed by atoms with Crippen molar-refractivity contribution in [3.63, 3.8) is 0 Å². The van der Waals surface area contributed by atoms with Crippen molar-refractivity contribution in [3.8, 4) is 0 Å². The van der Waals surface area contributed by atoms with Crippen LogP contribution in [0, 0.1) is 11.8 Å². The van der Waals surface area contributed by atoms with Gasteiger partial charge in [0.2, 0.25) is 0 Å². The van der Waals surface area contributed by atoms with Gasteiger partial charge in [-0.25, -0.2) is 0 Å². The van der Waals surface area contributed by atoms with Gasteiger partial charge in [-0.2, -0.15) is 0 Å². The molecule has 2 unspecified atom stereocenters. The largest absolute Gasteiger partial charge is 0.465 e. The Morgan fingerprint density at radius 2 is 0.875 bits per heavy atom. The molecule has 0 radical (unpaired) electrons. The second-order valence-electron chi connectivity index (χ2n) is 10.4. The molecule has 32 heavy (non-hydrogen) atoms. The molecule has 0 aliphatic heterocycles. The lowest BCUT2D eigenvalue weighted by atomic mass is 9.95. The van der Waals surface area contributed by atoms with Crippen LogP contribution in [-0.4, -0.2) is 12.6 Å². The molecular weight excluding hydrogens is 392 g/mol. The number of carbonyl (C=O) groups is 1. The van der Waals surface area contributed by atoms with E-state index < -0.39 is 0 Å².